The SMILES string of the molecule is CCc1nn(CC(N)=O)c(=O)n1N. The molecule has 0 bridgehead atoms. The predicted octanol–water partition coefficient (Wildman–Crippen LogP) is -2.19. The van der Waals surface area contributed by atoms with Crippen LogP contribution in [-0.2, 0) is 17.8 Å². The minimum absolute atomic E-state index is 0.240. The van der Waals surface area contributed by atoms with Crippen molar-refractivity contribution in [1.29, 1.82) is 0 Å². The normalized spacial score (nSPS) is 10.2. The molecule has 13 heavy (non-hydrogen) atoms. The molecule has 0 aliphatic rings. The molecule has 1 heterocycles. The number of rotatable bonds is 3. The van der Waals surface area contributed by atoms with Gasteiger partial charge in [0, 0.05) is 6.42 Å². The van der Waals surface area contributed by atoms with Gasteiger partial charge in [-0.1, -0.05) is 6.92 Å². The zero-order valence-corrected chi connectivity index (χ0v) is 7.23. The fraction of sp³-hybridized carbons (Fsp3) is 0.500. The van der Waals surface area contributed by atoms with Gasteiger partial charge in [-0.25, -0.2) is 9.48 Å². The van der Waals surface area contributed by atoms with E-state index in [1.807, 2.05) is 0 Å². The number of nitrogen functional groups attached to an aromatic ring is 1. The van der Waals surface area contributed by atoms with E-state index in [1.54, 1.807) is 6.92 Å². The minimum Gasteiger partial charge on any atom is -0.368 e. The van der Waals surface area contributed by atoms with Crippen molar-refractivity contribution in [3.8, 4) is 0 Å². The third-order valence-corrected chi connectivity index (χ3v) is 1.56. The molecule has 1 rings (SSSR count). The third-order valence-electron chi connectivity index (χ3n) is 1.56. The Morgan fingerprint density at radius 1 is 1.62 bits per heavy atom. The molecule has 0 fully saturated rings. The molecule has 7 nitrogen and oxygen atoms in total. The Labute approximate surface area is 73.9 Å². The Hall–Kier alpha value is -1.79. The summed E-state index contributed by atoms with van der Waals surface area (Å²) in [5.74, 6) is 5.16. The quantitative estimate of drug-likeness (QED) is 0.521. The lowest BCUT2D eigenvalue weighted by atomic mass is 10.5. The molecule has 1 amide bonds. The van der Waals surface area contributed by atoms with Crippen LogP contribution in [0.3, 0.4) is 0 Å². The van der Waals surface area contributed by atoms with Crippen molar-refractivity contribution in [2.45, 2.75) is 19.9 Å². The number of nitrogens with zero attached hydrogens (tertiary/aromatic N) is 3. The van der Waals surface area contributed by atoms with Gasteiger partial charge >= 0.3 is 5.69 Å². The summed E-state index contributed by atoms with van der Waals surface area (Å²) in [6.45, 7) is 1.57. The van der Waals surface area contributed by atoms with Gasteiger partial charge in [-0.2, -0.15) is 9.77 Å². The predicted molar refractivity (Wildman–Crippen MR) is 45.2 cm³/mol. The smallest absolute Gasteiger partial charge is 0.365 e. The van der Waals surface area contributed by atoms with Crippen molar-refractivity contribution >= 4 is 5.91 Å². The van der Waals surface area contributed by atoms with Crippen molar-refractivity contribution in [3.05, 3.63) is 16.3 Å². The van der Waals surface area contributed by atoms with Gasteiger partial charge in [0.2, 0.25) is 5.91 Å². The van der Waals surface area contributed by atoms with E-state index in [0.29, 0.717) is 12.2 Å². The zero-order valence-electron chi connectivity index (χ0n) is 7.23. The molecule has 0 radical (unpaired) electrons. The van der Waals surface area contributed by atoms with Gasteiger partial charge in [0.1, 0.15) is 6.54 Å². The maximum absolute atomic E-state index is 11.2. The van der Waals surface area contributed by atoms with Crippen LogP contribution in [0.1, 0.15) is 12.7 Å². The van der Waals surface area contributed by atoms with Gasteiger partial charge in [0.15, 0.2) is 5.82 Å². The summed E-state index contributed by atoms with van der Waals surface area (Å²) in [6, 6.07) is 0. The van der Waals surface area contributed by atoms with E-state index in [4.69, 9.17) is 11.6 Å². The van der Waals surface area contributed by atoms with Crippen LogP contribution >= 0.6 is 0 Å². The number of carbonyl (C=O) groups is 1. The van der Waals surface area contributed by atoms with E-state index in [1.165, 1.54) is 0 Å². The van der Waals surface area contributed by atoms with Crippen LogP contribution in [0, 0.1) is 0 Å². The molecule has 0 saturated carbocycles. The van der Waals surface area contributed by atoms with Gasteiger partial charge < -0.3 is 11.6 Å². The first-order chi connectivity index (χ1) is 6.06. The molecule has 7 heteroatoms. The summed E-state index contributed by atoms with van der Waals surface area (Å²) >= 11 is 0. The summed E-state index contributed by atoms with van der Waals surface area (Å²) in [5.41, 5.74) is 4.37. The average Bonchev–Trinajstić information content (AvgIpc) is 2.32. The lowest BCUT2D eigenvalue weighted by Crippen LogP contribution is -2.33. The van der Waals surface area contributed by atoms with Crippen molar-refractivity contribution < 1.29 is 4.79 Å². The summed E-state index contributed by atoms with van der Waals surface area (Å²) in [6.07, 6.45) is 0.525. The van der Waals surface area contributed by atoms with Crippen LogP contribution in [0.15, 0.2) is 4.79 Å². The van der Waals surface area contributed by atoms with E-state index in [-0.39, 0.29) is 6.54 Å². The summed E-state index contributed by atoms with van der Waals surface area (Å²) in [4.78, 5) is 21.7. The largest absolute Gasteiger partial charge is 0.368 e. The standard InChI is InChI=1S/C6H11N5O2/c1-2-5-9-10(3-4(7)12)6(13)11(5)8/h2-3,8H2,1H3,(H2,7,12). The van der Waals surface area contributed by atoms with Crippen molar-refractivity contribution in [2.75, 3.05) is 5.84 Å². The number of aryl methyl sites for hydroxylation is 1. The first-order valence-electron chi connectivity index (χ1n) is 3.78. The Morgan fingerprint density at radius 3 is 2.62 bits per heavy atom. The highest BCUT2D eigenvalue weighted by molar-refractivity contribution is 5.73. The summed E-state index contributed by atoms with van der Waals surface area (Å²) in [5, 5.41) is 3.81. The molecule has 4 N–H and O–H groups in total. The number of nitrogens with two attached hydrogens (primary N) is 2. The van der Waals surface area contributed by atoms with E-state index < -0.39 is 11.6 Å². The van der Waals surface area contributed by atoms with E-state index in [0.717, 1.165) is 9.36 Å². The molecular formula is C6H11N5O2. The maximum Gasteiger partial charge on any atom is 0.365 e. The maximum atomic E-state index is 11.2. The van der Waals surface area contributed by atoms with E-state index in [9.17, 15) is 9.59 Å². The molecule has 1 aromatic heterocycles. The molecular weight excluding hydrogens is 174 g/mol. The number of aromatic nitrogens is 3. The van der Waals surface area contributed by atoms with Crippen LogP contribution in [0.2, 0.25) is 0 Å². The topological polar surface area (TPSA) is 109 Å². The van der Waals surface area contributed by atoms with Crippen LogP contribution in [0.4, 0.5) is 0 Å². The highest BCUT2D eigenvalue weighted by atomic mass is 16.2. The lowest BCUT2D eigenvalue weighted by molar-refractivity contribution is -0.118. The lowest BCUT2D eigenvalue weighted by Gasteiger charge is -1.91. The molecule has 0 aliphatic carbocycles. The Morgan fingerprint density at radius 2 is 2.23 bits per heavy atom. The second-order valence-electron chi connectivity index (χ2n) is 2.55. The van der Waals surface area contributed by atoms with Crippen LogP contribution in [0.25, 0.3) is 0 Å². The van der Waals surface area contributed by atoms with Gasteiger partial charge in [0.05, 0.1) is 0 Å². The fourth-order valence-corrected chi connectivity index (χ4v) is 0.957. The summed E-state index contributed by atoms with van der Waals surface area (Å²) < 4.78 is 1.85. The van der Waals surface area contributed by atoms with Crippen molar-refractivity contribution in [3.63, 3.8) is 0 Å². The molecule has 0 atom stereocenters. The zero-order chi connectivity index (χ0) is 10.0. The second-order valence-corrected chi connectivity index (χ2v) is 2.55. The Balaban J connectivity index is 3.10. The molecule has 1 aromatic rings. The first-order valence-corrected chi connectivity index (χ1v) is 3.78. The molecule has 0 saturated heterocycles. The number of amides is 1. The average molecular weight is 185 g/mol. The highest BCUT2D eigenvalue weighted by Crippen LogP contribution is 1.88. The molecule has 0 unspecified atom stereocenters. The summed E-state index contributed by atoms with van der Waals surface area (Å²) in [7, 11) is 0. The van der Waals surface area contributed by atoms with Crippen LogP contribution in [-0.4, -0.2) is 20.4 Å². The van der Waals surface area contributed by atoms with E-state index >= 15 is 0 Å². The van der Waals surface area contributed by atoms with Crippen LogP contribution < -0.4 is 17.3 Å². The first kappa shape index (κ1) is 9.30. The molecule has 0 aliphatic heterocycles. The number of hydrogen-bond acceptors (Lipinski definition) is 4. The Kier molecular flexibility index (Phi) is 2.36. The van der Waals surface area contributed by atoms with Crippen molar-refractivity contribution in [1.82, 2.24) is 14.5 Å². The van der Waals surface area contributed by atoms with Gasteiger partial charge in [0.25, 0.3) is 0 Å². The Bertz CT molecular complexity index is 377. The fourth-order valence-electron chi connectivity index (χ4n) is 0.957. The second kappa shape index (κ2) is 3.30. The van der Waals surface area contributed by atoms with E-state index in [2.05, 4.69) is 5.10 Å². The minimum atomic E-state index is -0.622. The number of hydrogen-bond donors (Lipinski definition) is 2. The number of carbonyl (C=O) groups excluding carboxylic acids is 1. The van der Waals surface area contributed by atoms with Gasteiger partial charge in [-0.3, -0.25) is 4.79 Å². The van der Waals surface area contributed by atoms with Gasteiger partial charge in [-0.05, 0) is 0 Å². The third kappa shape index (κ3) is 1.68. The van der Waals surface area contributed by atoms with Crippen LogP contribution in [0.5, 0.6) is 0 Å². The highest BCUT2D eigenvalue weighted by Gasteiger charge is 2.10. The monoisotopic (exact) mass is 185 g/mol. The number of primary amides is 1. The molecule has 0 spiro atoms. The van der Waals surface area contributed by atoms with Gasteiger partial charge in [-0.15, -0.1) is 0 Å². The molecule has 72 valence electrons. The van der Waals surface area contributed by atoms with Crippen molar-refractivity contribution in [2.24, 2.45) is 5.73 Å². The molecule has 0 aromatic carbocycles.